The van der Waals surface area contributed by atoms with E-state index in [0.717, 1.165) is 30.0 Å². The van der Waals surface area contributed by atoms with E-state index in [1.807, 2.05) is 7.05 Å². The van der Waals surface area contributed by atoms with Gasteiger partial charge in [0.05, 0.1) is 24.9 Å². The molecule has 3 aliphatic heterocycles. The van der Waals surface area contributed by atoms with Gasteiger partial charge in [-0.3, -0.25) is 9.59 Å². The number of ether oxygens (including phenoxy) is 1. The number of carbonyl (C=O) groups is 2. The molecule has 1 aromatic heterocycles. The average Bonchev–Trinajstić information content (AvgIpc) is 3.38. The number of anilines is 2. The zero-order valence-electron chi connectivity index (χ0n) is 26.2. The summed E-state index contributed by atoms with van der Waals surface area (Å²) in [6.45, 7) is 7.73. The number of rotatable bonds is 7. The van der Waals surface area contributed by atoms with Crippen LogP contribution in [0.2, 0.25) is 0 Å². The fourth-order valence-corrected chi connectivity index (χ4v) is 6.34. The lowest BCUT2D eigenvalue weighted by molar-refractivity contribution is -0.127. The molecule has 1 unspecified atom stereocenters. The second-order valence-electron chi connectivity index (χ2n) is 11.6. The number of halogens is 1. The van der Waals surface area contributed by atoms with Crippen molar-refractivity contribution >= 4 is 34.1 Å². The Hall–Kier alpha value is -4.72. The SMILES string of the molecule is CC#N.Cc1cccc2cccc(N3CCc4c(nc(OCC5CC(=O)N(C)C5)nc4N4CCN(C(=O)/C=C/CF)CC4)C3)c12. The largest absolute Gasteiger partial charge is 0.463 e. The minimum absolute atomic E-state index is 0.104. The highest BCUT2D eigenvalue weighted by molar-refractivity contribution is 5.97. The molecule has 1 atom stereocenters. The van der Waals surface area contributed by atoms with Gasteiger partial charge in [0.25, 0.3) is 0 Å². The van der Waals surface area contributed by atoms with Crippen LogP contribution < -0.4 is 14.5 Å². The number of hydrogen-bond acceptors (Lipinski definition) is 8. The van der Waals surface area contributed by atoms with Crippen LogP contribution in [0.4, 0.5) is 15.9 Å². The maximum absolute atomic E-state index is 12.5. The van der Waals surface area contributed by atoms with E-state index in [1.54, 1.807) is 15.9 Å². The van der Waals surface area contributed by atoms with Crippen molar-refractivity contribution in [3.63, 3.8) is 0 Å². The van der Waals surface area contributed by atoms with Gasteiger partial charge in [-0.25, -0.2) is 4.39 Å². The molecule has 3 aliphatic rings. The molecule has 0 saturated carbocycles. The van der Waals surface area contributed by atoms with Crippen LogP contribution in [-0.4, -0.2) is 91.2 Å². The standard InChI is InChI=1S/C32H37FN6O3.C2H3N/c1-22-6-3-7-24-8-4-9-27(30(22)24)39-13-11-25-26(20-39)34-32(42-21-23-18-29(41)36(2)19-23)35-31(25)38-16-14-37(15-17-38)28(40)10-5-12-33;1-2-3/h3-10,23H,11-21H2,1-2H3;1H3/b10-5+;. The smallest absolute Gasteiger partial charge is 0.318 e. The van der Waals surface area contributed by atoms with Crippen LogP contribution in [0.25, 0.3) is 10.8 Å². The van der Waals surface area contributed by atoms with Crippen molar-refractivity contribution in [1.29, 1.82) is 5.26 Å². The lowest BCUT2D eigenvalue weighted by atomic mass is 9.99. The lowest BCUT2D eigenvalue weighted by Crippen LogP contribution is -2.49. The molecule has 3 aromatic rings. The third-order valence-electron chi connectivity index (χ3n) is 8.56. The van der Waals surface area contributed by atoms with Crippen molar-refractivity contribution < 1.29 is 18.7 Å². The number of alkyl halides is 1. The third kappa shape index (κ3) is 7.17. The molecule has 11 heteroatoms. The molecular formula is C34H40FN7O3. The van der Waals surface area contributed by atoms with Gasteiger partial charge in [-0.1, -0.05) is 30.3 Å². The normalized spacial score (nSPS) is 18.1. The molecule has 0 bridgehead atoms. The molecule has 0 spiro atoms. The number of nitriles is 1. The number of fused-ring (bicyclic) bond motifs is 2. The number of amides is 2. The molecule has 45 heavy (non-hydrogen) atoms. The minimum atomic E-state index is -0.651. The van der Waals surface area contributed by atoms with E-state index >= 15 is 0 Å². The number of benzene rings is 2. The zero-order chi connectivity index (χ0) is 31.9. The predicted molar refractivity (Wildman–Crippen MR) is 172 cm³/mol. The predicted octanol–water partition coefficient (Wildman–Crippen LogP) is 4.06. The third-order valence-corrected chi connectivity index (χ3v) is 8.56. The van der Waals surface area contributed by atoms with Crippen molar-refractivity contribution in [3.05, 3.63) is 65.4 Å². The fourth-order valence-electron chi connectivity index (χ4n) is 6.34. The van der Waals surface area contributed by atoms with Crippen LogP contribution in [0.5, 0.6) is 6.01 Å². The summed E-state index contributed by atoms with van der Waals surface area (Å²) in [5.41, 5.74) is 4.49. The van der Waals surface area contributed by atoms with E-state index in [1.165, 1.54) is 41.1 Å². The highest BCUT2D eigenvalue weighted by Crippen LogP contribution is 2.35. The van der Waals surface area contributed by atoms with Crippen LogP contribution in [0.15, 0.2) is 48.6 Å². The van der Waals surface area contributed by atoms with Gasteiger partial charge in [-0.05, 0) is 36.4 Å². The molecule has 0 N–H and O–H groups in total. The van der Waals surface area contributed by atoms with Gasteiger partial charge in [0.1, 0.15) is 12.5 Å². The fraction of sp³-hybridized carbons (Fsp3) is 0.441. The highest BCUT2D eigenvalue weighted by Gasteiger charge is 2.31. The quantitative estimate of drug-likeness (QED) is 0.368. The second-order valence-corrected chi connectivity index (χ2v) is 11.6. The number of likely N-dealkylation sites (tertiary alicyclic amines) is 1. The number of hydrogen-bond donors (Lipinski definition) is 0. The Morgan fingerprint density at radius 3 is 2.53 bits per heavy atom. The molecular weight excluding hydrogens is 573 g/mol. The van der Waals surface area contributed by atoms with Crippen molar-refractivity contribution in [2.75, 3.05) is 69.4 Å². The Balaban J connectivity index is 0.00000128. The van der Waals surface area contributed by atoms with Crippen LogP contribution in [0.3, 0.4) is 0 Å². The van der Waals surface area contributed by atoms with Gasteiger partial charge in [-0.2, -0.15) is 15.2 Å². The maximum Gasteiger partial charge on any atom is 0.318 e. The van der Waals surface area contributed by atoms with Crippen LogP contribution in [-0.2, 0) is 22.6 Å². The van der Waals surface area contributed by atoms with Crippen molar-refractivity contribution in [1.82, 2.24) is 19.8 Å². The molecule has 2 fully saturated rings. The summed E-state index contributed by atoms with van der Waals surface area (Å²) in [7, 11) is 1.82. The molecule has 0 radical (unpaired) electrons. The van der Waals surface area contributed by atoms with E-state index in [4.69, 9.17) is 20.0 Å². The minimum Gasteiger partial charge on any atom is -0.463 e. The van der Waals surface area contributed by atoms with Crippen LogP contribution in [0, 0.1) is 24.2 Å². The first-order valence-corrected chi connectivity index (χ1v) is 15.4. The van der Waals surface area contributed by atoms with Gasteiger partial charge in [0, 0.05) is 88.3 Å². The van der Waals surface area contributed by atoms with E-state index in [2.05, 4.69) is 53.1 Å². The first-order chi connectivity index (χ1) is 21.8. The second kappa shape index (κ2) is 14.4. The monoisotopic (exact) mass is 613 g/mol. The highest BCUT2D eigenvalue weighted by atomic mass is 19.1. The Morgan fingerprint density at radius 2 is 1.84 bits per heavy atom. The summed E-state index contributed by atoms with van der Waals surface area (Å²) in [5.74, 6) is 0.922. The number of allylic oxidation sites excluding steroid dienone is 1. The van der Waals surface area contributed by atoms with E-state index < -0.39 is 6.67 Å². The van der Waals surface area contributed by atoms with Gasteiger partial charge in [0.2, 0.25) is 11.8 Å². The number of nitrogens with zero attached hydrogens (tertiary/aromatic N) is 7. The molecule has 236 valence electrons. The summed E-state index contributed by atoms with van der Waals surface area (Å²) in [6, 6.07) is 14.9. The molecule has 6 rings (SSSR count). The molecule has 0 aliphatic carbocycles. The summed E-state index contributed by atoms with van der Waals surface area (Å²) < 4.78 is 18.7. The summed E-state index contributed by atoms with van der Waals surface area (Å²) in [5, 5.41) is 9.79. The first-order valence-electron chi connectivity index (χ1n) is 15.4. The summed E-state index contributed by atoms with van der Waals surface area (Å²) in [6.07, 6.45) is 3.81. The maximum atomic E-state index is 12.5. The van der Waals surface area contributed by atoms with Crippen molar-refractivity contribution in [2.45, 2.75) is 33.2 Å². The molecule has 2 saturated heterocycles. The molecule has 10 nitrogen and oxygen atoms in total. The molecule has 2 aromatic carbocycles. The van der Waals surface area contributed by atoms with E-state index in [0.29, 0.717) is 58.3 Å². The average molecular weight is 614 g/mol. The Morgan fingerprint density at radius 1 is 1.11 bits per heavy atom. The Labute approximate surface area is 263 Å². The number of carbonyl (C=O) groups excluding carboxylic acids is 2. The van der Waals surface area contributed by atoms with Crippen molar-refractivity contribution in [2.24, 2.45) is 5.92 Å². The van der Waals surface area contributed by atoms with Crippen molar-refractivity contribution in [3.8, 4) is 12.1 Å². The molecule has 2 amide bonds. The van der Waals surface area contributed by atoms with Gasteiger partial charge < -0.3 is 24.3 Å². The lowest BCUT2D eigenvalue weighted by Gasteiger charge is -2.38. The molecule has 4 heterocycles. The van der Waals surface area contributed by atoms with E-state index in [-0.39, 0.29) is 17.7 Å². The summed E-state index contributed by atoms with van der Waals surface area (Å²) >= 11 is 0. The zero-order valence-corrected chi connectivity index (χ0v) is 26.2. The van der Waals surface area contributed by atoms with Crippen LogP contribution >= 0.6 is 0 Å². The van der Waals surface area contributed by atoms with Crippen LogP contribution in [0.1, 0.15) is 30.2 Å². The van der Waals surface area contributed by atoms with Gasteiger partial charge in [0.15, 0.2) is 0 Å². The number of aryl methyl sites for hydroxylation is 1. The van der Waals surface area contributed by atoms with Gasteiger partial charge in [-0.15, -0.1) is 0 Å². The Bertz CT molecular complexity index is 1610. The van der Waals surface area contributed by atoms with E-state index in [9.17, 15) is 14.0 Å². The first kappa shape index (κ1) is 31.7. The van der Waals surface area contributed by atoms with Gasteiger partial charge >= 0.3 is 6.01 Å². The topological polar surface area (TPSA) is 106 Å². The number of aromatic nitrogens is 2. The number of piperazine rings is 1. The Kier molecular flexibility index (Phi) is 10.1. The summed E-state index contributed by atoms with van der Waals surface area (Å²) in [4.78, 5) is 42.3.